The van der Waals surface area contributed by atoms with Gasteiger partial charge >= 0.3 is 0 Å². The Hall–Kier alpha value is -1.88. The minimum absolute atomic E-state index is 0.0245. The smallest absolute Gasteiger partial charge is 0.227 e. The van der Waals surface area contributed by atoms with E-state index in [0.29, 0.717) is 5.91 Å². The first kappa shape index (κ1) is 18.9. The Kier molecular flexibility index (Phi) is 6.30. The van der Waals surface area contributed by atoms with Gasteiger partial charge in [-0.1, -0.05) is 25.1 Å². The number of rotatable bonds is 4. The zero-order valence-corrected chi connectivity index (χ0v) is 16.0. The van der Waals surface area contributed by atoms with E-state index in [-0.39, 0.29) is 17.7 Å². The molecule has 0 atom stereocenters. The maximum absolute atomic E-state index is 12.7. The van der Waals surface area contributed by atoms with Crippen molar-refractivity contribution in [3.05, 3.63) is 29.8 Å². The molecule has 2 amide bonds. The van der Waals surface area contributed by atoms with Crippen LogP contribution in [0.1, 0.15) is 38.2 Å². The topological polar surface area (TPSA) is 52.7 Å². The molecule has 1 saturated heterocycles. The zero-order chi connectivity index (χ0) is 18.5. The molecule has 3 rings (SSSR count). The van der Waals surface area contributed by atoms with Crippen molar-refractivity contribution in [1.29, 1.82) is 0 Å². The number of piperazine rings is 1. The van der Waals surface area contributed by atoms with Gasteiger partial charge in [0, 0.05) is 43.7 Å². The molecule has 1 N–H and O–H groups in total. The first-order valence-electron chi connectivity index (χ1n) is 9.94. The van der Waals surface area contributed by atoms with E-state index in [2.05, 4.69) is 30.3 Å². The van der Waals surface area contributed by atoms with Crippen molar-refractivity contribution in [3.8, 4) is 0 Å². The number of benzene rings is 1. The lowest BCUT2D eigenvalue weighted by Crippen LogP contribution is -2.49. The Balaban J connectivity index is 1.50. The van der Waals surface area contributed by atoms with Crippen molar-refractivity contribution in [3.63, 3.8) is 0 Å². The van der Waals surface area contributed by atoms with E-state index >= 15 is 0 Å². The minimum Gasteiger partial charge on any atom is -0.340 e. The van der Waals surface area contributed by atoms with Crippen LogP contribution in [0.25, 0.3) is 0 Å². The number of hydrogen-bond donors (Lipinski definition) is 1. The molecule has 1 aliphatic heterocycles. The average Bonchev–Trinajstić information content (AvgIpc) is 2.68. The summed E-state index contributed by atoms with van der Waals surface area (Å²) < 4.78 is 0. The molecule has 0 bridgehead atoms. The molecule has 1 heterocycles. The largest absolute Gasteiger partial charge is 0.340 e. The highest BCUT2D eigenvalue weighted by atomic mass is 16.2. The first-order chi connectivity index (χ1) is 12.6. The van der Waals surface area contributed by atoms with E-state index in [0.717, 1.165) is 64.0 Å². The SMILES string of the molecule is CCc1ccccc1NC(=O)C1CCC(C(=O)N2CCN(C)CC2)CC1. The summed E-state index contributed by atoms with van der Waals surface area (Å²) in [5.41, 5.74) is 2.09. The van der Waals surface area contributed by atoms with Gasteiger partial charge in [-0.15, -0.1) is 0 Å². The van der Waals surface area contributed by atoms with Crippen molar-refractivity contribution >= 4 is 17.5 Å². The van der Waals surface area contributed by atoms with Gasteiger partial charge in [0.25, 0.3) is 0 Å². The molecule has 0 aromatic heterocycles. The Morgan fingerprint density at radius 3 is 2.27 bits per heavy atom. The molecule has 2 fully saturated rings. The molecule has 26 heavy (non-hydrogen) atoms. The monoisotopic (exact) mass is 357 g/mol. The molecule has 142 valence electrons. The number of anilines is 1. The summed E-state index contributed by atoms with van der Waals surface area (Å²) >= 11 is 0. The van der Waals surface area contributed by atoms with Gasteiger partial charge in [0.05, 0.1) is 0 Å². The summed E-state index contributed by atoms with van der Waals surface area (Å²) in [4.78, 5) is 29.6. The van der Waals surface area contributed by atoms with Gasteiger partial charge in [-0.05, 0) is 50.8 Å². The van der Waals surface area contributed by atoms with E-state index in [1.54, 1.807) is 0 Å². The third-order valence-electron chi connectivity index (χ3n) is 5.92. The van der Waals surface area contributed by atoms with Crippen LogP contribution >= 0.6 is 0 Å². The number of aryl methyl sites for hydroxylation is 1. The molecule has 0 radical (unpaired) electrons. The third-order valence-corrected chi connectivity index (χ3v) is 5.92. The zero-order valence-electron chi connectivity index (χ0n) is 16.0. The van der Waals surface area contributed by atoms with Crippen LogP contribution in [-0.4, -0.2) is 54.8 Å². The van der Waals surface area contributed by atoms with Crippen molar-refractivity contribution in [2.45, 2.75) is 39.0 Å². The summed E-state index contributed by atoms with van der Waals surface area (Å²) in [5, 5.41) is 3.10. The summed E-state index contributed by atoms with van der Waals surface area (Å²) in [6.45, 7) is 5.69. The number of para-hydroxylation sites is 1. The van der Waals surface area contributed by atoms with Crippen molar-refractivity contribution < 1.29 is 9.59 Å². The fourth-order valence-corrected chi connectivity index (χ4v) is 4.07. The molecule has 2 aliphatic rings. The number of carbonyl (C=O) groups excluding carboxylic acids is 2. The molecular weight excluding hydrogens is 326 g/mol. The van der Waals surface area contributed by atoms with Gasteiger partial charge in [-0.2, -0.15) is 0 Å². The second-order valence-corrected chi connectivity index (χ2v) is 7.68. The molecular formula is C21H31N3O2. The minimum atomic E-state index is 0.0245. The predicted molar refractivity (Wildman–Crippen MR) is 104 cm³/mol. The predicted octanol–water partition coefficient (Wildman–Crippen LogP) is 2.77. The van der Waals surface area contributed by atoms with Crippen LogP contribution in [0.4, 0.5) is 5.69 Å². The van der Waals surface area contributed by atoms with Crippen LogP contribution in [0.3, 0.4) is 0 Å². The van der Waals surface area contributed by atoms with E-state index in [9.17, 15) is 9.59 Å². The highest BCUT2D eigenvalue weighted by molar-refractivity contribution is 5.93. The second kappa shape index (κ2) is 8.67. The first-order valence-corrected chi connectivity index (χ1v) is 9.94. The summed E-state index contributed by atoms with van der Waals surface area (Å²) in [5.74, 6) is 0.534. The Morgan fingerprint density at radius 2 is 1.62 bits per heavy atom. The molecule has 0 spiro atoms. The normalized spacial score (nSPS) is 24.3. The van der Waals surface area contributed by atoms with Crippen molar-refractivity contribution in [2.24, 2.45) is 11.8 Å². The van der Waals surface area contributed by atoms with Gasteiger partial charge in [0.15, 0.2) is 0 Å². The van der Waals surface area contributed by atoms with Gasteiger partial charge in [-0.3, -0.25) is 9.59 Å². The Morgan fingerprint density at radius 1 is 1.00 bits per heavy atom. The Bertz CT molecular complexity index is 630. The fourth-order valence-electron chi connectivity index (χ4n) is 4.07. The van der Waals surface area contributed by atoms with Crippen LogP contribution in [0, 0.1) is 11.8 Å². The molecule has 0 unspecified atom stereocenters. The number of amides is 2. The summed E-state index contributed by atoms with van der Waals surface area (Å²) in [6.07, 6.45) is 4.19. The van der Waals surface area contributed by atoms with Crippen LogP contribution in [0.5, 0.6) is 0 Å². The van der Waals surface area contributed by atoms with Crippen molar-refractivity contribution in [1.82, 2.24) is 9.80 Å². The highest BCUT2D eigenvalue weighted by Crippen LogP contribution is 2.31. The number of hydrogen-bond acceptors (Lipinski definition) is 3. The maximum atomic E-state index is 12.7. The average molecular weight is 357 g/mol. The second-order valence-electron chi connectivity index (χ2n) is 7.68. The van der Waals surface area contributed by atoms with E-state index < -0.39 is 0 Å². The van der Waals surface area contributed by atoms with Crippen LogP contribution in [-0.2, 0) is 16.0 Å². The lowest BCUT2D eigenvalue weighted by Gasteiger charge is -2.36. The Labute approximate surface area is 156 Å². The van der Waals surface area contributed by atoms with E-state index in [1.165, 1.54) is 5.56 Å². The number of nitrogens with one attached hydrogen (secondary N) is 1. The lowest BCUT2D eigenvalue weighted by atomic mass is 9.80. The van der Waals surface area contributed by atoms with Gasteiger partial charge in [0.1, 0.15) is 0 Å². The van der Waals surface area contributed by atoms with Crippen molar-refractivity contribution in [2.75, 3.05) is 38.5 Å². The maximum Gasteiger partial charge on any atom is 0.227 e. The highest BCUT2D eigenvalue weighted by Gasteiger charge is 2.33. The molecule has 1 aromatic rings. The van der Waals surface area contributed by atoms with E-state index in [1.807, 2.05) is 23.1 Å². The quantitative estimate of drug-likeness (QED) is 0.901. The summed E-state index contributed by atoms with van der Waals surface area (Å²) in [6, 6.07) is 7.99. The van der Waals surface area contributed by atoms with Crippen LogP contribution in [0.15, 0.2) is 24.3 Å². The third kappa shape index (κ3) is 4.44. The van der Waals surface area contributed by atoms with Crippen LogP contribution in [0.2, 0.25) is 0 Å². The molecule has 1 aromatic carbocycles. The molecule has 5 nitrogen and oxygen atoms in total. The fraction of sp³-hybridized carbons (Fsp3) is 0.619. The van der Waals surface area contributed by atoms with Gasteiger partial charge in [-0.25, -0.2) is 0 Å². The number of likely N-dealkylation sites (N-methyl/N-ethyl adjacent to an activating group) is 1. The number of carbonyl (C=O) groups is 2. The molecule has 1 aliphatic carbocycles. The van der Waals surface area contributed by atoms with Crippen LogP contribution < -0.4 is 5.32 Å². The number of nitrogens with zero attached hydrogens (tertiary/aromatic N) is 2. The lowest BCUT2D eigenvalue weighted by molar-refractivity contribution is -0.139. The van der Waals surface area contributed by atoms with Gasteiger partial charge < -0.3 is 15.1 Å². The summed E-state index contributed by atoms with van der Waals surface area (Å²) in [7, 11) is 2.10. The van der Waals surface area contributed by atoms with E-state index in [4.69, 9.17) is 0 Å². The molecule has 5 heteroatoms. The molecule has 1 saturated carbocycles. The van der Waals surface area contributed by atoms with Gasteiger partial charge in [0.2, 0.25) is 11.8 Å². The standard InChI is InChI=1S/C21H31N3O2/c1-3-16-6-4-5-7-19(16)22-20(25)17-8-10-18(11-9-17)21(26)24-14-12-23(2)13-15-24/h4-7,17-18H,3,8-15H2,1-2H3,(H,22,25).